The number of hydrogen-bond acceptors (Lipinski definition) is 3. The van der Waals surface area contributed by atoms with Gasteiger partial charge in [-0.1, -0.05) is 0 Å². The quantitative estimate of drug-likeness (QED) is 0.609. The lowest BCUT2D eigenvalue weighted by molar-refractivity contribution is -0.131. The second kappa shape index (κ2) is 7.53. The van der Waals surface area contributed by atoms with Crippen LogP contribution in [0.1, 0.15) is 12.5 Å². The molecule has 0 saturated carbocycles. The second-order valence-electron chi connectivity index (χ2n) is 3.99. The van der Waals surface area contributed by atoms with Crippen molar-refractivity contribution in [1.82, 2.24) is 0 Å². The van der Waals surface area contributed by atoms with E-state index in [1.165, 1.54) is 18.2 Å². The van der Waals surface area contributed by atoms with E-state index in [-0.39, 0.29) is 0 Å². The molecule has 0 aliphatic rings. The van der Waals surface area contributed by atoms with Crippen LogP contribution in [0, 0.1) is 5.82 Å². The molecule has 0 radical (unpaired) electrons. The molecule has 1 aromatic carbocycles. The van der Waals surface area contributed by atoms with Gasteiger partial charge in [0.05, 0.1) is 6.61 Å². The first-order valence-electron chi connectivity index (χ1n) is 6.04. The van der Waals surface area contributed by atoms with E-state index in [1.807, 2.05) is 18.9 Å². The summed E-state index contributed by atoms with van der Waals surface area (Å²) in [6.07, 6.45) is 2.38. The summed E-state index contributed by atoms with van der Waals surface area (Å²) in [5.74, 6) is -1.46. The summed E-state index contributed by atoms with van der Waals surface area (Å²) in [5.41, 5.74) is 1.29. The number of aliphatic carboxylic acids is 1. The number of ether oxygens (including phenoxy) is 1. The summed E-state index contributed by atoms with van der Waals surface area (Å²) < 4.78 is 18.5. The smallest absolute Gasteiger partial charge is 0.328 e. The molecule has 5 heteroatoms. The normalized spacial score (nSPS) is 10.9. The molecule has 0 aliphatic carbocycles. The Labute approximate surface area is 112 Å². The Kier molecular flexibility index (Phi) is 6.02. The van der Waals surface area contributed by atoms with Crippen molar-refractivity contribution < 1.29 is 19.0 Å². The SMILES string of the molecule is CCOCCN(C)c1ccc(F)cc1/C=C/C(=O)O. The van der Waals surface area contributed by atoms with Crippen molar-refractivity contribution in [1.29, 1.82) is 0 Å². The molecule has 4 nitrogen and oxygen atoms in total. The zero-order valence-electron chi connectivity index (χ0n) is 11.1. The molecule has 0 fully saturated rings. The summed E-state index contributed by atoms with van der Waals surface area (Å²) in [6.45, 7) is 3.77. The Balaban J connectivity index is 2.89. The van der Waals surface area contributed by atoms with Gasteiger partial charge in [0.15, 0.2) is 0 Å². The summed E-state index contributed by atoms with van der Waals surface area (Å²) >= 11 is 0. The molecule has 1 rings (SSSR count). The summed E-state index contributed by atoms with van der Waals surface area (Å²) in [4.78, 5) is 12.4. The minimum Gasteiger partial charge on any atom is -0.478 e. The number of carboxylic acid groups (broad SMARTS) is 1. The van der Waals surface area contributed by atoms with Gasteiger partial charge in [-0.2, -0.15) is 0 Å². The first-order chi connectivity index (χ1) is 9.04. The van der Waals surface area contributed by atoms with Gasteiger partial charge < -0.3 is 14.7 Å². The number of halogens is 1. The Morgan fingerprint density at radius 3 is 2.89 bits per heavy atom. The minimum atomic E-state index is -1.06. The van der Waals surface area contributed by atoms with Crippen molar-refractivity contribution in [3.8, 4) is 0 Å². The monoisotopic (exact) mass is 267 g/mol. The van der Waals surface area contributed by atoms with Gasteiger partial charge in [0.2, 0.25) is 0 Å². The van der Waals surface area contributed by atoms with Crippen molar-refractivity contribution in [2.75, 3.05) is 31.7 Å². The topological polar surface area (TPSA) is 49.8 Å². The molecule has 104 valence electrons. The molecule has 0 saturated heterocycles. The maximum Gasteiger partial charge on any atom is 0.328 e. The van der Waals surface area contributed by atoms with E-state index in [9.17, 15) is 9.18 Å². The highest BCUT2D eigenvalue weighted by Gasteiger charge is 2.07. The maximum atomic E-state index is 13.2. The Bertz CT molecular complexity index is 460. The third-order valence-electron chi connectivity index (χ3n) is 2.58. The highest BCUT2D eigenvalue weighted by atomic mass is 19.1. The number of nitrogens with zero attached hydrogens (tertiary/aromatic N) is 1. The van der Waals surface area contributed by atoms with Crippen LogP contribution >= 0.6 is 0 Å². The highest BCUT2D eigenvalue weighted by Crippen LogP contribution is 2.22. The van der Waals surface area contributed by atoms with Gasteiger partial charge in [-0.3, -0.25) is 0 Å². The second-order valence-corrected chi connectivity index (χ2v) is 3.99. The van der Waals surface area contributed by atoms with Crippen LogP contribution in [0.4, 0.5) is 10.1 Å². The average Bonchev–Trinajstić information content (AvgIpc) is 2.36. The standard InChI is InChI=1S/C14H18FNO3/c1-3-19-9-8-16(2)13-6-5-12(15)10-11(13)4-7-14(17)18/h4-7,10H,3,8-9H2,1-2H3,(H,17,18)/b7-4+. The van der Waals surface area contributed by atoms with Crippen LogP contribution in [0.5, 0.6) is 0 Å². The van der Waals surface area contributed by atoms with Crippen LogP contribution < -0.4 is 4.90 Å². The van der Waals surface area contributed by atoms with E-state index in [4.69, 9.17) is 9.84 Å². The number of carbonyl (C=O) groups is 1. The lowest BCUT2D eigenvalue weighted by Crippen LogP contribution is -2.23. The molecule has 0 amide bonds. The lowest BCUT2D eigenvalue weighted by atomic mass is 10.1. The Morgan fingerprint density at radius 1 is 1.53 bits per heavy atom. The van der Waals surface area contributed by atoms with E-state index in [0.717, 1.165) is 11.8 Å². The largest absolute Gasteiger partial charge is 0.478 e. The van der Waals surface area contributed by atoms with E-state index in [2.05, 4.69) is 0 Å². The summed E-state index contributed by atoms with van der Waals surface area (Å²) in [6, 6.07) is 4.29. The third-order valence-corrected chi connectivity index (χ3v) is 2.58. The number of hydrogen-bond donors (Lipinski definition) is 1. The van der Waals surface area contributed by atoms with Crippen LogP contribution in [-0.2, 0) is 9.53 Å². The third kappa shape index (κ3) is 5.09. The van der Waals surface area contributed by atoms with Crippen LogP contribution in [0.15, 0.2) is 24.3 Å². The van der Waals surface area contributed by atoms with E-state index in [0.29, 0.717) is 25.3 Å². The van der Waals surface area contributed by atoms with Gasteiger partial charge in [-0.25, -0.2) is 9.18 Å². The predicted molar refractivity (Wildman–Crippen MR) is 72.8 cm³/mol. The fourth-order valence-electron chi connectivity index (χ4n) is 1.63. The van der Waals surface area contributed by atoms with Gasteiger partial charge in [0.25, 0.3) is 0 Å². The first-order valence-corrected chi connectivity index (χ1v) is 6.04. The van der Waals surface area contributed by atoms with Gasteiger partial charge in [0, 0.05) is 37.5 Å². The molecule has 0 bridgehead atoms. The van der Waals surface area contributed by atoms with Crippen LogP contribution in [-0.4, -0.2) is 37.9 Å². The fourth-order valence-corrected chi connectivity index (χ4v) is 1.63. The summed E-state index contributed by atoms with van der Waals surface area (Å²) in [7, 11) is 1.85. The molecular weight excluding hydrogens is 249 g/mol. The van der Waals surface area contributed by atoms with Crippen molar-refractivity contribution in [2.24, 2.45) is 0 Å². The van der Waals surface area contributed by atoms with Crippen molar-refractivity contribution >= 4 is 17.7 Å². The zero-order valence-corrected chi connectivity index (χ0v) is 11.1. The van der Waals surface area contributed by atoms with Gasteiger partial charge in [0.1, 0.15) is 5.82 Å². The number of anilines is 1. The number of benzene rings is 1. The lowest BCUT2D eigenvalue weighted by Gasteiger charge is -2.21. The maximum absolute atomic E-state index is 13.2. The molecule has 0 aliphatic heterocycles. The van der Waals surface area contributed by atoms with Gasteiger partial charge in [-0.05, 0) is 31.2 Å². The Morgan fingerprint density at radius 2 is 2.26 bits per heavy atom. The van der Waals surface area contributed by atoms with E-state index in [1.54, 1.807) is 6.07 Å². The molecule has 1 N–H and O–H groups in total. The average molecular weight is 267 g/mol. The van der Waals surface area contributed by atoms with Crippen molar-refractivity contribution in [2.45, 2.75) is 6.92 Å². The molecular formula is C14H18FNO3. The minimum absolute atomic E-state index is 0.396. The molecule has 0 spiro atoms. The zero-order chi connectivity index (χ0) is 14.3. The van der Waals surface area contributed by atoms with Gasteiger partial charge >= 0.3 is 5.97 Å². The molecule has 1 aromatic rings. The first kappa shape index (κ1) is 15.2. The van der Waals surface area contributed by atoms with E-state index < -0.39 is 11.8 Å². The number of rotatable bonds is 7. The molecule has 0 unspecified atom stereocenters. The fraction of sp³-hybridized carbons (Fsp3) is 0.357. The number of likely N-dealkylation sites (N-methyl/N-ethyl adjacent to an activating group) is 1. The molecule has 19 heavy (non-hydrogen) atoms. The number of carboxylic acids is 1. The van der Waals surface area contributed by atoms with Crippen LogP contribution in [0.2, 0.25) is 0 Å². The highest BCUT2D eigenvalue weighted by molar-refractivity contribution is 5.87. The van der Waals surface area contributed by atoms with Crippen molar-refractivity contribution in [3.63, 3.8) is 0 Å². The molecule has 0 atom stereocenters. The predicted octanol–water partition coefficient (Wildman–Crippen LogP) is 2.40. The molecule has 0 aromatic heterocycles. The summed E-state index contributed by atoms with van der Waals surface area (Å²) in [5, 5.41) is 8.63. The van der Waals surface area contributed by atoms with E-state index >= 15 is 0 Å². The Hall–Kier alpha value is -1.88. The van der Waals surface area contributed by atoms with Crippen LogP contribution in [0.25, 0.3) is 6.08 Å². The molecule has 0 heterocycles. The van der Waals surface area contributed by atoms with Crippen LogP contribution in [0.3, 0.4) is 0 Å². The van der Waals surface area contributed by atoms with Crippen molar-refractivity contribution in [3.05, 3.63) is 35.7 Å². The van der Waals surface area contributed by atoms with Gasteiger partial charge in [-0.15, -0.1) is 0 Å².